The first-order valence-corrected chi connectivity index (χ1v) is 5.97. The Balaban J connectivity index is 2.37. The number of thiophene rings is 1. The molecule has 1 atom stereocenters. The lowest BCUT2D eigenvalue weighted by atomic mass is 10.1. The van der Waals surface area contributed by atoms with E-state index in [2.05, 4.69) is 15.9 Å². The van der Waals surface area contributed by atoms with Gasteiger partial charge in [0.2, 0.25) is 0 Å². The van der Waals surface area contributed by atoms with Gasteiger partial charge in [0.15, 0.2) is 0 Å². The van der Waals surface area contributed by atoms with E-state index in [1.165, 1.54) is 0 Å². The molecule has 0 saturated carbocycles. The van der Waals surface area contributed by atoms with Gasteiger partial charge in [-0.3, -0.25) is 0 Å². The fourth-order valence-corrected chi connectivity index (χ4v) is 2.49. The van der Waals surface area contributed by atoms with Crippen molar-refractivity contribution >= 4 is 27.3 Å². The molecular weight excluding hydrogens is 260 g/mol. The Morgan fingerprint density at radius 1 is 1.21 bits per heavy atom. The zero-order valence-corrected chi connectivity index (χ0v) is 9.75. The second-order valence-electron chi connectivity index (χ2n) is 2.98. The largest absolute Gasteiger partial charge is 0.384 e. The quantitative estimate of drug-likeness (QED) is 0.883. The van der Waals surface area contributed by atoms with Crippen molar-refractivity contribution in [3.8, 4) is 0 Å². The minimum absolute atomic E-state index is 0.531. The summed E-state index contributed by atoms with van der Waals surface area (Å²) in [5, 5.41) is 14.0. The van der Waals surface area contributed by atoms with Gasteiger partial charge in [-0.2, -0.15) is 11.3 Å². The Kier molecular flexibility index (Phi) is 3.01. The Bertz CT molecular complexity index is 411. The Hall–Kier alpha value is -0.640. The van der Waals surface area contributed by atoms with Gasteiger partial charge in [0, 0.05) is 4.47 Å². The maximum atomic E-state index is 10.0. The van der Waals surface area contributed by atoms with Crippen LogP contribution in [-0.2, 0) is 0 Å². The molecule has 0 bridgehead atoms. The molecular formula is C11H9BrOS. The monoisotopic (exact) mass is 268 g/mol. The van der Waals surface area contributed by atoms with Crippen LogP contribution in [0.5, 0.6) is 0 Å². The van der Waals surface area contributed by atoms with Crippen LogP contribution >= 0.6 is 27.3 Å². The van der Waals surface area contributed by atoms with Crippen molar-refractivity contribution in [2.24, 2.45) is 0 Å². The molecule has 0 radical (unpaired) electrons. The highest BCUT2D eigenvalue weighted by Crippen LogP contribution is 2.29. The van der Waals surface area contributed by atoms with Crippen molar-refractivity contribution in [2.45, 2.75) is 6.10 Å². The molecule has 72 valence electrons. The summed E-state index contributed by atoms with van der Waals surface area (Å²) in [6.07, 6.45) is -0.531. The van der Waals surface area contributed by atoms with E-state index < -0.39 is 6.10 Å². The van der Waals surface area contributed by atoms with Gasteiger partial charge in [0.1, 0.15) is 6.10 Å². The van der Waals surface area contributed by atoms with Gasteiger partial charge in [-0.15, -0.1) is 0 Å². The second-order valence-corrected chi connectivity index (χ2v) is 4.62. The number of benzene rings is 1. The molecule has 1 unspecified atom stereocenters. The van der Waals surface area contributed by atoms with E-state index in [9.17, 15) is 5.11 Å². The highest BCUT2D eigenvalue weighted by molar-refractivity contribution is 9.10. The van der Waals surface area contributed by atoms with Crippen molar-refractivity contribution in [2.75, 3.05) is 0 Å². The third kappa shape index (κ3) is 1.90. The van der Waals surface area contributed by atoms with E-state index in [4.69, 9.17) is 0 Å². The third-order valence-electron chi connectivity index (χ3n) is 2.06. The van der Waals surface area contributed by atoms with E-state index in [0.29, 0.717) is 0 Å². The minimum atomic E-state index is -0.531. The molecule has 3 heteroatoms. The molecule has 0 spiro atoms. The summed E-state index contributed by atoms with van der Waals surface area (Å²) in [4.78, 5) is 0. The standard InChI is InChI=1S/C11H9BrOS/c12-10-4-2-1-3-9(10)11(13)8-5-6-14-7-8/h1-7,11,13H. The molecule has 0 aliphatic heterocycles. The first-order chi connectivity index (χ1) is 6.79. The van der Waals surface area contributed by atoms with Crippen molar-refractivity contribution in [1.82, 2.24) is 0 Å². The van der Waals surface area contributed by atoms with Crippen LogP contribution in [0.25, 0.3) is 0 Å². The summed E-state index contributed by atoms with van der Waals surface area (Å²) < 4.78 is 0.943. The Morgan fingerprint density at radius 3 is 2.64 bits per heavy atom. The molecule has 0 aliphatic rings. The Labute approximate surface area is 95.2 Å². The zero-order valence-electron chi connectivity index (χ0n) is 7.35. The lowest BCUT2D eigenvalue weighted by Crippen LogP contribution is -1.98. The van der Waals surface area contributed by atoms with Crippen LogP contribution in [0.4, 0.5) is 0 Å². The maximum Gasteiger partial charge on any atom is 0.106 e. The molecule has 1 nitrogen and oxygen atoms in total. The molecule has 2 rings (SSSR count). The average Bonchev–Trinajstić information content (AvgIpc) is 2.70. The van der Waals surface area contributed by atoms with Gasteiger partial charge in [-0.05, 0) is 34.0 Å². The topological polar surface area (TPSA) is 20.2 Å². The van der Waals surface area contributed by atoms with Gasteiger partial charge in [0.05, 0.1) is 0 Å². The fraction of sp³-hybridized carbons (Fsp3) is 0.0909. The van der Waals surface area contributed by atoms with Gasteiger partial charge < -0.3 is 5.11 Å². The van der Waals surface area contributed by atoms with Gasteiger partial charge >= 0.3 is 0 Å². The highest BCUT2D eigenvalue weighted by atomic mass is 79.9. The molecule has 1 heterocycles. The van der Waals surface area contributed by atoms with Gasteiger partial charge in [-0.1, -0.05) is 34.1 Å². The summed E-state index contributed by atoms with van der Waals surface area (Å²) in [6.45, 7) is 0. The Morgan fingerprint density at radius 2 is 2.00 bits per heavy atom. The number of halogens is 1. The molecule has 0 amide bonds. The predicted molar refractivity (Wildman–Crippen MR) is 62.5 cm³/mol. The smallest absolute Gasteiger partial charge is 0.106 e. The van der Waals surface area contributed by atoms with E-state index in [-0.39, 0.29) is 0 Å². The average molecular weight is 269 g/mol. The third-order valence-corrected chi connectivity index (χ3v) is 3.48. The van der Waals surface area contributed by atoms with Gasteiger partial charge in [-0.25, -0.2) is 0 Å². The number of hydrogen-bond donors (Lipinski definition) is 1. The number of aliphatic hydroxyl groups excluding tert-OH is 1. The lowest BCUT2D eigenvalue weighted by Gasteiger charge is -2.10. The maximum absolute atomic E-state index is 10.0. The van der Waals surface area contributed by atoms with Crippen LogP contribution in [0.2, 0.25) is 0 Å². The van der Waals surface area contributed by atoms with Crippen molar-refractivity contribution in [1.29, 1.82) is 0 Å². The molecule has 1 N–H and O–H groups in total. The van der Waals surface area contributed by atoms with Crippen LogP contribution in [0.1, 0.15) is 17.2 Å². The lowest BCUT2D eigenvalue weighted by molar-refractivity contribution is 0.220. The number of rotatable bonds is 2. The number of aliphatic hydroxyl groups is 1. The molecule has 0 fully saturated rings. The number of hydrogen-bond acceptors (Lipinski definition) is 2. The molecule has 14 heavy (non-hydrogen) atoms. The fourth-order valence-electron chi connectivity index (χ4n) is 1.31. The molecule has 0 saturated heterocycles. The first kappa shape index (κ1) is 9.90. The SMILES string of the molecule is OC(c1ccsc1)c1ccccc1Br. The van der Waals surface area contributed by atoms with Crippen LogP contribution in [0.15, 0.2) is 45.6 Å². The van der Waals surface area contributed by atoms with Gasteiger partial charge in [0.25, 0.3) is 0 Å². The second kappa shape index (κ2) is 4.26. The van der Waals surface area contributed by atoms with E-state index in [1.807, 2.05) is 41.1 Å². The van der Waals surface area contributed by atoms with Crippen molar-refractivity contribution < 1.29 is 5.11 Å². The van der Waals surface area contributed by atoms with Crippen LogP contribution in [0.3, 0.4) is 0 Å². The van der Waals surface area contributed by atoms with Crippen LogP contribution in [0, 0.1) is 0 Å². The van der Waals surface area contributed by atoms with Crippen molar-refractivity contribution in [3.05, 3.63) is 56.7 Å². The molecule has 2 aromatic rings. The normalized spacial score (nSPS) is 12.7. The van der Waals surface area contributed by atoms with Crippen molar-refractivity contribution in [3.63, 3.8) is 0 Å². The summed E-state index contributed by atoms with van der Waals surface area (Å²) in [5.74, 6) is 0. The molecule has 1 aromatic heterocycles. The predicted octanol–water partition coefficient (Wildman–Crippen LogP) is 3.59. The highest BCUT2D eigenvalue weighted by Gasteiger charge is 2.12. The van der Waals surface area contributed by atoms with E-state index in [1.54, 1.807) is 11.3 Å². The van der Waals surface area contributed by atoms with Crippen LogP contribution in [-0.4, -0.2) is 5.11 Å². The van der Waals surface area contributed by atoms with Crippen LogP contribution < -0.4 is 0 Å². The summed E-state index contributed by atoms with van der Waals surface area (Å²) in [6, 6.07) is 9.66. The minimum Gasteiger partial charge on any atom is -0.384 e. The molecule has 0 aliphatic carbocycles. The van der Waals surface area contributed by atoms with E-state index >= 15 is 0 Å². The summed E-state index contributed by atoms with van der Waals surface area (Å²) in [5.41, 5.74) is 1.85. The summed E-state index contributed by atoms with van der Waals surface area (Å²) >= 11 is 5.02. The van der Waals surface area contributed by atoms with E-state index in [0.717, 1.165) is 15.6 Å². The first-order valence-electron chi connectivity index (χ1n) is 4.23. The zero-order chi connectivity index (χ0) is 9.97. The summed E-state index contributed by atoms with van der Waals surface area (Å²) in [7, 11) is 0. The molecule has 1 aromatic carbocycles.